The quantitative estimate of drug-likeness (QED) is 0.250. The summed E-state index contributed by atoms with van der Waals surface area (Å²) in [5.41, 5.74) is 3.15. The second-order valence-corrected chi connectivity index (χ2v) is 9.62. The molecule has 1 amide bonds. The van der Waals surface area contributed by atoms with E-state index in [9.17, 15) is 4.79 Å². The van der Waals surface area contributed by atoms with E-state index in [2.05, 4.69) is 33.1 Å². The van der Waals surface area contributed by atoms with Gasteiger partial charge in [0.25, 0.3) is 0 Å². The van der Waals surface area contributed by atoms with Crippen LogP contribution in [-0.4, -0.2) is 31.4 Å². The highest BCUT2D eigenvalue weighted by Crippen LogP contribution is 2.28. The smallest absolute Gasteiger partial charge is 0.236 e. The normalized spacial score (nSPS) is 12.0. The summed E-state index contributed by atoms with van der Waals surface area (Å²) >= 11 is 2.78. The Hall–Kier alpha value is -3.17. The fourth-order valence-electron chi connectivity index (χ4n) is 3.48. The summed E-state index contributed by atoms with van der Waals surface area (Å²) in [5, 5.41) is 12.7. The predicted octanol–water partition coefficient (Wildman–Crippen LogP) is 5.56. The highest BCUT2D eigenvalue weighted by Gasteiger charge is 2.20. The minimum atomic E-state index is -0.315. The van der Waals surface area contributed by atoms with E-state index in [1.165, 1.54) is 23.1 Å². The lowest BCUT2D eigenvalue weighted by molar-refractivity contribution is -0.113. The number of aryl methyl sites for hydroxylation is 2. The van der Waals surface area contributed by atoms with Crippen LogP contribution in [0.15, 0.2) is 60.3 Å². The number of amides is 1. The number of benzene rings is 2. The van der Waals surface area contributed by atoms with E-state index in [-0.39, 0.29) is 17.8 Å². The van der Waals surface area contributed by atoms with Crippen LogP contribution in [-0.2, 0) is 11.3 Å². The molecular formula is C24H25N5O2S2. The maximum atomic E-state index is 12.5. The number of ether oxygens (including phenoxy) is 1. The van der Waals surface area contributed by atoms with Crippen LogP contribution < -0.4 is 10.1 Å². The van der Waals surface area contributed by atoms with Gasteiger partial charge in [-0.15, -0.1) is 16.8 Å². The van der Waals surface area contributed by atoms with Gasteiger partial charge >= 0.3 is 0 Å². The van der Waals surface area contributed by atoms with Crippen molar-refractivity contribution in [3.05, 3.63) is 72.1 Å². The minimum absolute atomic E-state index is 0.145. The average Bonchev–Trinajstić information content (AvgIpc) is 3.35. The first-order valence-electron chi connectivity index (χ1n) is 10.5. The Kier molecular flexibility index (Phi) is 7.10. The number of fused-ring (bicyclic) bond motifs is 1. The van der Waals surface area contributed by atoms with Crippen LogP contribution in [0.4, 0.5) is 5.13 Å². The lowest BCUT2D eigenvalue weighted by Gasteiger charge is -2.16. The largest absolute Gasteiger partial charge is 0.483 e. The van der Waals surface area contributed by atoms with Gasteiger partial charge in [-0.3, -0.25) is 9.36 Å². The molecule has 9 heteroatoms. The molecule has 0 aliphatic heterocycles. The predicted molar refractivity (Wildman–Crippen MR) is 134 cm³/mol. The topological polar surface area (TPSA) is 81.9 Å². The Labute approximate surface area is 200 Å². The number of rotatable bonds is 9. The van der Waals surface area contributed by atoms with E-state index < -0.39 is 0 Å². The molecule has 170 valence electrons. The van der Waals surface area contributed by atoms with Crippen molar-refractivity contribution in [3.8, 4) is 5.75 Å². The van der Waals surface area contributed by atoms with Crippen molar-refractivity contribution in [2.75, 3.05) is 11.1 Å². The standard InChI is InChI=1S/C24H25N5O2S2/c1-5-10-29-22(17(4)31-18-12-15(2)11-16(3)13-18)27-28-24(29)32-14-21(30)26-23-25-19-8-6-7-9-20(19)33-23/h5-9,11-13,17H,1,10,14H2,2-4H3,(H,25,26,30). The van der Waals surface area contributed by atoms with Crippen molar-refractivity contribution < 1.29 is 9.53 Å². The molecule has 0 radical (unpaired) electrons. The highest BCUT2D eigenvalue weighted by molar-refractivity contribution is 7.99. The zero-order chi connectivity index (χ0) is 23.4. The summed E-state index contributed by atoms with van der Waals surface area (Å²) in [6, 6.07) is 13.9. The molecule has 0 aliphatic carbocycles. The summed E-state index contributed by atoms with van der Waals surface area (Å²) < 4.78 is 9.11. The van der Waals surface area contributed by atoms with Crippen LogP contribution in [0.2, 0.25) is 0 Å². The molecule has 1 atom stereocenters. The number of hydrogen-bond acceptors (Lipinski definition) is 7. The van der Waals surface area contributed by atoms with Crippen molar-refractivity contribution in [2.45, 2.75) is 38.6 Å². The Morgan fingerprint density at radius 3 is 2.73 bits per heavy atom. The van der Waals surface area contributed by atoms with Gasteiger partial charge in [0.2, 0.25) is 5.91 Å². The van der Waals surface area contributed by atoms with Crippen LogP contribution in [0.1, 0.15) is 30.0 Å². The Morgan fingerprint density at radius 2 is 2.00 bits per heavy atom. The van der Waals surface area contributed by atoms with E-state index in [0.717, 1.165) is 27.1 Å². The number of aromatic nitrogens is 4. The molecule has 2 aromatic heterocycles. The van der Waals surface area contributed by atoms with Gasteiger partial charge in [0.15, 0.2) is 22.2 Å². The summed E-state index contributed by atoms with van der Waals surface area (Å²) in [7, 11) is 0. The van der Waals surface area contributed by atoms with E-state index >= 15 is 0 Å². The zero-order valence-electron chi connectivity index (χ0n) is 18.7. The highest BCUT2D eigenvalue weighted by atomic mass is 32.2. The molecule has 0 saturated carbocycles. The van der Waals surface area contributed by atoms with Crippen LogP contribution in [0.3, 0.4) is 0 Å². The number of thiazole rings is 1. The molecule has 1 N–H and O–H groups in total. The molecule has 2 heterocycles. The third-order valence-corrected chi connectivity index (χ3v) is 6.72. The summed E-state index contributed by atoms with van der Waals surface area (Å²) in [5.74, 6) is 1.52. The number of allylic oxidation sites excluding steroid dienone is 1. The molecule has 4 rings (SSSR count). The number of hydrogen-bond donors (Lipinski definition) is 1. The monoisotopic (exact) mass is 479 g/mol. The number of carbonyl (C=O) groups excluding carboxylic acids is 1. The molecule has 1 unspecified atom stereocenters. The SMILES string of the molecule is C=CCn1c(SCC(=O)Nc2nc3ccccc3s2)nnc1C(C)Oc1cc(C)cc(C)c1. The molecule has 0 spiro atoms. The van der Waals surface area contributed by atoms with Crippen molar-refractivity contribution >= 4 is 44.4 Å². The Morgan fingerprint density at radius 1 is 1.24 bits per heavy atom. The van der Waals surface area contributed by atoms with E-state index in [0.29, 0.717) is 22.7 Å². The van der Waals surface area contributed by atoms with Gasteiger partial charge in [0, 0.05) is 6.54 Å². The van der Waals surface area contributed by atoms with Crippen molar-refractivity contribution in [3.63, 3.8) is 0 Å². The number of thioether (sulfide) groups is 1. The average molecular weight is 480 g/mol. The first-order valence-corrected chi connectivity index (χ1v) is 12.3. The molecule has 0 aliphatic rings. The zero-order valence-corrected chi connectivity index (χ0v) is 20.4. The van der Waals surface area contributed by atoms with Crippen molar-refractivity contribution in [1.29, 1.82) is 0 Å². The van der Waals surface area contributed by atoms with Crippen LogP contribution in [0.25, 0.3) is 10.2 Å². The van der Waals surface area contributed by atoms with Gasteiger partial charge in [-0.25, -0.2) is 4.98 Å². The van der Waals surface area contributed by atoms with Gasteiger partial charge < -0.3 is 10.1 Å². The summed E-state index contributed by atoms with van der Waals surface area (Å²) in [6.07, 6.45) is 1.46. The summed E-state index contributed by atoms with van der Waals surface area (Å²) in [4.78, 5) is 17.0. The van der Waals surface area contributed by atoms with Crippen LogP contribution in [0.5, 0.6) is 5.75 Å². The van der Waals surface area contributed by atoms with Gasteiger partial charge in [-0.2, -0.15) is 0 Å². The number of anilines is 1. The van der Waals surface area contributed by atoms with Gasteiger partial charge in [0.05, 0.1) is 16.0 Å². The maximum Gasteiger partial charge on any atom is 0.236 e. The number of para-hydroxylation sites is 1. The number of nitrogens with zero attached hydrogens (tertiary/aromatic N) is 4. The van der Waals surface area contributed by atoms with Crippen LogP contribution in [0, 0.1) is 13.8 Å². The fraction of sp³-hybridized carbons (Fsp3) is 0.250. The van der Waals surface area contributed by atoms with Crippen molar-refractivity contribution in [2.24, 2.45) is 0 Å². The first kappa shape index (κ1) is 23.0. The lowest BCUT2D eigenvalue weighted by atomic mass is 10.1. The molecule has 2 aromatic carbocycles. The third-order valence-electron chi connectivity index (χ3n) is 4.80. The molecule has 4 aromatic rings. The first-order chi connectivity index (χ1) is 15.9. The molecule has 7 nitrogen and oxygen atoms in total. The molecule has 0 saturated heterocycles. The number of carbonyl (C=O) groups is 1. The Balaban J connectivity index is 1.43. The molecule has 0 fully saturated rings. The van der Waals surface area contributed by atoms with E-state index in [1.807, 2.05) is 61.7 Å². The fourth-order valence-corrected chi connectivity index (χ4v) is 5.11. The molecule has 0 bridgehead atoms. The summed E-state index contributed by atoms with van der Waals surface area (Å²) in [6.45, 7) is 10.4. The van der Waals surface area contributed by atoms with Crippen LogP contribution >= 0.6 is 23.1 Å². The van der Waals surface area contributed by atoms with E-state index in [4.69, 9.17) is 4.74 Å². The maximum absolute atomic E-state index is 12.5. The Bertz CT molecular complexity index is 1240. The lowest BCUT2D eigenvalue weighted by Crippen LogP contribution is -2.15. The minimum Gasteiger partial charge on any atom is -0.483 e. The second kappa shape index (κ2) is 10.2. The van der Waals surface area contributed by atoms with Gasteiger partial charge in [-0.1, -0.05) is 47.4 Å². The second-order valence-electron chi connectivity index (χ2n) is 7.65. The van der Waals surface area contributed by atoms with Crippen molar-refractivity contribution in [1.82, 2.24) is 19.7 Å². The third kappa shape index (κ3) is 5.61. The molecule has 33 heavy (non-hydrogen) atoms. The van der Waals surface area contributed by atoms with E-state index in [1.54, 1.807) is 6.08 Å². The van der Waals surface area contributed by atoms with Gasteiger partial charge in [0.1, 0.15) is 5.75 Å². The number of nitrogens with one attached hydrogen (secondary N) is 1. The van der Waals surface area contributed by atoms with Gasteiger partial charge in [-0.05, 0) is 56.2 Å². The molecular weight excluding hydrogens is 454 g/mol.